The molecule has 2 aliphatic rings. The summed E-state index contributed by atoms with van der Waals surface area (Å²) < 4.78 is 5.66. The molecule has 1 aliphatic carbocycles. The van der Waals surface area contributed by atoms with Crippen molar-refractivity contribution >= 4 is 18.0 Å². The van der Waals surface area contributed by atoms with E-state index in [1.807, 2.05) is 38.1 Å². The van der Waals surface area contributed by atoms with Crippen LogP contribution in [-0.4, -0.2) is 53.7 Å². The summed E-state index contributed by atoms with van der Waals surface area (Å²) in [4.78, 5) is 39.0. The molecule has 0 aromatic heterocycles. The number of aliphatic carboxylic acids is 1. The fraction of sp³-hybridized carbons (Fsp3) is 0.464. The number of hydrogen-bond donors (Lipinski definition) is 2. The lowest BCUT2D eigenvalue weighted by atomic mass is 9.82. The van der Waals surface area contributed by atoms with Gasteiger partial charge in [0.2, 0.25) is 5.91 Å². The highest BCUT2D eigenvalue weighted by molar-refractivity contribution is 5.81. The van der Waals surface area contributed by atoms with E-state index in [-0.39, 0.29) is 37.3 Å². The molecule has 2 aromatic rings. The molecule has 2 N–H and O–H groups in total. The number of hydrogen-bond acceptors (Lipinski definition) is 4. The number of ether oxygens (including phenoxy) is 1. The van der Waals surface area contributed by atoms with E-state index >= 15 is 0 Å². The van der Waals surface area contributed by atoms with Gasteiger partial charge in [0, 0.05) is 31.5 Å². The van der Waals surface area contributed by atoms with Gasteiger partial charge in [-0.1, -0.05) is 62.4 Å². The number of nitrogens with one attached hydrogen (secondary N) is 1. The van der Waals surface area contributed by atoms with Crippen molar-refractivity contribution in [3.8, 4) is 11.1 Å². The highest BCUT2D eigenvalue weighted by atomic mass is 16.5. The molecule has 0 radical (unpaired) electrons. The van der Waals surface area contributed by atoms with E-state index in [1.54, 1.807) is 11.8 Å². The third-order valence-corrected chi connectivity index (χ3v) is 7.41. The average molecular weight is 479 g/mol. The van der Waals surface area contributed by atoms with Crippen molar-refractivity contribution in [1.29, 1.82) is 0 Å². The van der Waals surface area contributed by atoms with Crippen molar-refractivity contribution in [2.45, 2.75) is 52.0 Å². The summed E-state index contributed by atoms with van der Waals surface area (Å²) in [5.41, 5.74) is 3.68. The van der Waals surface area contributed by atoms with E-state index in [0.29, 0.717) is 19.4 Å². The molecule has 7 heteroatoms. The maximum absolute atomic E-state index is 13.0. The maximum atomic E-state index is 13.0. The minimum Gasteiger partial charge on any atom is -0.481 e. The fourth-order valence-electron chi connectivity index (χ4n) is 5.19. The first-order valence-electron chi connectivity index (χ1n) is 12.3. The molecule has 1 fully saturated rings. The van der Waals surface area contributed by atoms with Crippen LogP contribution in [0, 0.1) is 11.3 Å². The number of benzene rings is 2. The largest absolute Gasteiger partial charge is 0.481 e. The van der Waals surface area contributed by atoms with E-state index in [2.05, 4.69) is 29.6 Å². The van der Waals surface area contributed by atoms with Crippen molar-refractivity contribution in [3.63, 3.8) is 0 Å². The van der Waals surface area contributed by atoms with Gasteiger partial charge in [-0.3, -0.25) is 9.59 Å². The highest BCUT2D eigenvalue weighted by Gasteiger charge is 2.40. The van der Waals surface area contributed by atoms with Crippen LogP contribution < -0.4 is 5.32 Å². The minimum atomic E-state index is -0.929. The Morgan fingerprint density at radius 1 is 1.09 bits per heavy atom. The van der Waals surface area contributed by atoms with Crippen molar-refractivity contribution in [2.24, 2.45) is 11.3 Å². The number of fused-ring (bicyclic) bond motifs is 3. The van der Waals surface area contributed by atoms with Crippen LogP contribution in [0.15, 0.2) is 48.5 Å². The Morgan fingerprint density at radius 3 is 2.26 bits per heavy atom. The van der Waals surface area contributed by atoms with Crippen LogP contribution in [0.1, 0.15) is 57.1 Å². The number of amides is 2. The Kier molecular flexibility index (Phi) is 7.15. The van der Waals surface area contributed by atoms with Gasteiger partial charge in [0.05, 0.1) is 5.41 Å². The summed E-state index contributed by atoms with van der Waals surface area (Å²) in [6, 6.07) is 15.9. The summed E-state index contributed by atoms with van der Waals surface area (Å²) in [5.74, 6) is -1.05. The normalized spacial score (nSPS) is 20.2. The first-order valence-corrected chi connectivity index (χ1v) is 12.3. The Bertz CT molecular complexity index is 1070. The van der Waals surface area contributed by atoms with E-state index in [0.717, 1.165) is 22.3 Å². The van der Waals surface area contributed by atoms with Crippen LogP contribution in [0.25, 0.3) is 11.1 Å². The molecule has 1 saturated heterocycles. The molecular formula is C28H34N2O5. The van der Waals surface area contributed by atoms with Crippen molar-refractivity contribution in [2.75, 3.05) is 19.7 Å². The number of rotatable bonds is 7. The molecule has 35 heavy (non-hydrogen) atoms. The summed E-state index contributed by atoms with van der Waals surface area (Å²) in [6.07, 6.45) is 0.767. The second-order valence-electron chi connectivity index (χ2n) is 10.3. The van der Waals surface area contributed by atoms with Crippen LogP contribution >= 0.6 is 0 Å². The lowest BCUT2D eigenvalue weighted by Crippen LogP contribution is -2.50. The number of likely N-dealkylation sites (tertiary alicyclic amines) is 1. The number of carbonyl (C=O) groups is 3. The second kappa shape index (κ2) is 10.1. The summed E-state index contributed by atoms with van der Waals surface area (Å²) in [7, 11) is 0. The van der Waals surface area contributed by atoms with Gasteiger partial charge in [-0.15, -0.1) is 0 Å². The van der Waals surface area contributed by atoms with Gasteiger partial charge in [0.25, 0.3) is 0 Å². The molecule has 7 nitrogen and oxygen atoms in total. The third-order valence-electron chi connectivity index (χ3n) is 7.41. The Balaban J connectivity index is 1.37. The molecule has 1 unspecified atom stereocenters. The average Bonchev–Trinajstić information content (AvgIpc) is 3.16. The molecule has 186 valence electrons. The zero-order chi connectivity index (χ0) is 25.2. The number of carbonyl (C=O) groups excluding carboxylic acids is 2. The van der Waals surface area contributed by atoms with E-state index in [4.69, 9.17) is 4.74 Å². The summed E-state index contributed by atoms with van der Waals surface area (Å²) >= 11 is 0. The number of carboxylic acids is 1. The van der Waals surface area contributed by atoms with Crippen molar-refractivity contribution in [3.05, 3.63) is 59.7 Å². The number of nitrogens with zero attached hydrogens (tertiary/aromatic N) is 1. The maximum Gasteiger partial charge on any atom is 0.407 e. The number of piperidine rings is 1. The Hall–Kier alpha value is -3.35. The van der Waals surface area contributed by atoms with Crippen molar-refractivity contribution < 1.29 is 24.2 Å². The molecule has 0 bridgehead atoms. The summed E-state index contributed by atoms with van der Waals surface area (Å²) in [6.45, 7) is 6.51. The van der Waals surface area contributed by atoms with Gasteiger partial charge >= 0.3 is 12.1 Å². The number of alkyl carbamates (subject to hydrolysis) is 1. The first kappa shape index (κ1) is 24.8. The second-order valence-corrected chi connectivity index (χ2v) is 10.3. The zero-order valence-corrected chi connectivity index (χ0v) is 20.6. The molecule has 1 heterocycles. The fourth-order valence-corrected chi connectivity index (χ4v) is 5.19. The molecule has 0 spiro atoms. The van der Waals surface area contributed by atoms with Crippen LogP contribution in [-0.2, 0) is 14.3 Å². The molecule has 1 aliphatic heterocycles. The Morgan fingerprint density at radius 2 is 1.69 bits per heavy atom. The predicted molar refractivity (Wildman–Crippen MR) is 133 cm³/mol. The monoisotopic (exact) mass is 478 g/mol. The predicted octanol–water partition coefficient (Wildman–Crippen LogP) is 4.65. The van der Waals surface area contributed by atoms with Gasteiger partial charge in [-0.05, 0) is 47.9 Å². The Labute approximate surface area is 206 Å². The van der Waals surface area contributed by atoms with Crippen LogP contribution in [0.3, 0.4) is 0 Å². The molecular weight excluding hydrogens is 444 g/mol. The minimum absolute atomic E-state index is 0.00933. The molecule has 2 amide bonds. The third kappa shape index (κ3) is 5.19. The van der Waals surface area contributed by atoms with Gasteiger partial charge in [0.15, 0.2) is 0 Å². The van der Waals surface area contributed by atoms with Gasteiger partial charge in [-0.25, -0.2) is 4.79 Å². The van der Waals surface area contributed by atoms with Gasteiger partial charge in [-0.2, -0.15) is 0 Å². The van der Waals surface area contributed by atoms with Crippen LogP contribution in [0.2, 0.25) is 0 Å². The van der Waals surface area contributed by atoms with E-state index in [9.17, 15) is 19.5 Å². The zero-order valence-electron chi connectivity index (χ0n) is 20.6. The molecule has 4 rings (SSSR count). The first-order chi connectivity index (χ1) is 16.7. The number of carboxylic acid groups (broad SMARTS) is 1. The van der Waals surface area contributed by atoms with Gasteiger partial charge < -0.3 is 20.1 Å². The molecule has 2 aromatic carbocycles. The lowest BCUT2D eigenvalue weighted by molar-refractivity contribution is -0.153. The lowest BCUT2D eigenvalue weighted by Gasteiger charge is -2.38. The van der Waals surface area contributed by atoms with Crippen molar-refractivity contribution in [1.82, 2.24) is 10.2 Å². The van der Waals surface area contributed by atoms with E-state index < -0.39 is 23.5 Å². The van der Waals surface area contributed by atoms with E-state index in [1.165, 1.54) is 0 Å². The quantitative estimate of drug-likeness (QED) is 0.604. The molecule has 0 saturated carbocycles. The smallest absolute Gasteiger partial charge is 0.407 e. The standard InChI is InChI=1S/C28H34N2O5/c1-18(2)24(15-25(31)30-14-8-13-28(3,17-30)26(32)33)29-27(34)35-16-23-21-11-6-4-9-19(21)20-10-5-7-12-22(20)23/h4-7,9-12,18,23-24H,8,13-17H2,1-3H3,(H,29,34)(H,32,33)/t24-,28?/m1/s1. The summed E-state index contributed by atoms with van der Waals surface area (Å²) in [5, 5.41) is 12.4. The molecule has 2 atom stereocenters. The van der Waals surface area contributed by atoms with Gasteiger partial charge in [0.1, 0.15) is 6.61 Å². The van der Waals surface area contributed by atoms with Crippen LogP contribution in [0.4, 0.5) is 4.79 Å². The highest BCUT2D eigenvalue weighted by Crippen LogP contribution is 2.44. The van der Waals surface area contributed by atoms with Crippen LogP contribution in [0.5, 0.6) is 0 Å². The SMILES string of the molecule is CC(C)[C@@H](CC(=O)N1CCCC(C)(C(=O)O)C1)NC(=O)OCC1c2ccccc2-c2ccccc21. The topological polar surface area (TPSA) is 95.9 Å².